The number of hydrogen-bond donors (Lipinski definition) is 0. The molecule has 0 atom stereocenters. The third-order valence-corrected chi connectivity index (χ3v) is 4.55. The van der Waals surface area contributed by atoms with Crippen molar-refractivity contribution in [2.75, 3.05) is 13.1 Å². The van der Waals surface area contributed by atoms with Crippen molar-refractivity contribution >= 4 is 17.9 Å². The smallest absolute Gasteiger partial charge is 0.410 e. The average molecular weight is 297 g/mol. The van der Waals surface area contributed by atoms with E-state index < -0.39 is 5.60 Å². The highest BCUT2D eigenvalue weighted by Crippen LogP contribution is 2.29. The van der Waals surface area contributed by atoms with Crippen molar-refractivity contribution < 1.29 is 9.53 Å². The zero-order valence-electron chi connectivity index (χ0n) is 12.6. The Labute approximate surface area is 124 Å². The molecule has 6 heteroatoms. The second-order valence-electron chi connectivity index (χ2n) is 6.11. The third-order valence-electron chi connectivity index (χ3n) is 3.14. The maximum absolute atomic E-state index is 12.0. The number of aromatic nitrogens is 2. The van der Waals surface area contributed by atoms with Gasteiger partial charge in [-0.3, -0.25) is 0 Å². The summed E-state index contributed by atoms with van der Waals surface area (Å²) in [5.74, 6) is 0. The van der Waals surface area contributed by atoms with Crippen LogP contribution in [0.15, 0.2) is 17.6 Å². The van der Waals surface area contributed by atoms with Crippen molar-refractivity contribution in [1.29, 1.82) is 0 Å². The Morgan fingerprint density at radius 2 is 2.05 bits per heavy atom. The molecule has 1 saturated heterocycles. The molecule has 1 aliphatic heterocycles. The molecule has 0 radical (unpaired) electrons. The quantitative estimate of drug-likeness (QED) is 0.842. The zero-order valence-corrected chi connectivity index (χ0v) is 13.4. The Morgan fingerprint density at radius 1 is 1.40 bits per heavy atom. The predicted octanol–water partition coefficient (Wildman–Crippen LogP) is 2.91. The molecule has 1 aliphatic rings. The Balaban J connectivity index is 1.81. The molecule has 2 rings (SSSR count). The number of carbonyl (C=O) groups excluding carboxylic acids is 1. The number of rotatable bonds is 2. The zero-order chi connectivity index (χ0) is 14.8. The third kappa shape index (κ3) is 4.16. The van der Waals surface area contributed by atoms with Crippen LogP contribution in [0.1, 0.15) is 33.6 Å². The maximum atomic E-state index is 12.0. The van der Waals surface area contributed by atoms with Crippen LogP contribution < -0.4 is 0 Å². The van der Waals surface area contributed by atoms with Gasteiger partial charge >= 0.3 is 6.09 Å². The van der Waals surface area contributed by atoms with Gasteiger partial charge in [-0.2, -0.15) is 0 Å². The molecule has 0 bridgehead atoms. The van der Waals surface area contributed by atoms with Gasteiger partial charge in [-0.25, -0.2) is 9.78 Å². The molecule has 0 unspecified atom stereocenters. The lowest BCUT2D eigenvalue weighted by Gasteiger charge is -2.33. The van der Waals surface area contributed by atoms with Gasteiger partial charge in [-0.1, -0.05) is 11.8 Å². The molecule has 5 nitrogen and oxygen atoms in total. The van der Waals surface area contributed by atoms with Crippen LogP contribution >= 0.6 is 11.8 Å². The van der Waals surface area contributed by atoms with Gasteiger partial charge in [0.1, 0.15) is 5.60 Å². The minimum absolute atomic E-state index is 0.196. The number of aryl methyl sites for hydroxylation is 1. The molecule has 1 amide bonds. The average Bonchev–Trinajstić information content (AvgIpc) is 2.74. The van der Waals surface area contributed by atoms with Crippen LogP contribution in [0.5, 0.6) is 0 Å². The van der Waals surface area contributed by atoms with Crippen molar-refractivity contribution in [2.45, 2.75) is 49.6 Å². The van der Waals surface area contributed by atoms with E-state index in [2.05, 4.69) is 4.98 Å². The summed E-state index contributed by atoms with van der Waals surface area (Å²) in [4.78, 5) is 18.1. The summed E-state index contributed by atoms with van der Waals surface area (Å²) >= 11 is 1.80. The summed E-state index contributed by atoms with van der Waals surface area (Å²) in [6, 6.07) is 0. The van der Waals surface area contributed by atoms with Gasteiger partial charge < -0.3 is 14.2 Å². The van der Waals surface area contributed by atoms with Crippen molar-refractivity contribution in [1.82, 2.24) is 14.5 Å². The van der Waals surface area contributed by atoms with E-state index in [0.29, 0.717) is 5.25 Å². The van der Waals surface area contributed by atoms with E-state index >= 15 is 0 Å². The van der Waals surface area contributed by atoms with Crippen molar-refractivity contribution in [2.24, 2.45) is 7.05 Å². The molecule has 1 aromatic heterocycles. The monoisotopic (exact) mass is 297 g/mol. The van der Waals surface area contributed by atoms with E-state index in [0.717, 1.165) is 31.1 Å². The van der Waals surface area contributed by atoms with Crippen LogP contribution in [-0.2, 0) is 11.8 Å². The van der Waals surface area contributed by atoms with Crippen LogP contribution in [0.25, 0.3) is 0 Å². The van der Waals surface area contributed by atoms with Gasteiger partial charge in [0.25, 0.3) is 0 Å². The highest BCUT2D eigenvalue weighted by atomic mass is 32.2. The molecule has 0 saturated carbocycles. The molecule has 1 fully saturated rings. The van der Waals surface area contributed by atoms with Gasteiger partial charge in [0.05, 0.1) is 0 Å². The number of ether oxygens (including phenoxy) is 1. The number of carbonyl (C=O) groups is 1. The van der Waals surface area contributed by atoms with Gasteiger partial charge in [-0.15, -0.1) is 0 Å². The topological polar surface area (TPSA) is 47.4 Å². The SMILES string of the molecule is Cn1ccnc1SC1CCN(C(=O)OC(C)(C)C)CC1. The Kier molecular flexibility index (Phi) is 4.62. The minimum atomic E-state index is -0.421. The fourth-order valence-electron chi connectivity index (χ4n) is 2.10. The summed E-state index contributed by atoms with van der Waals surface area (Å²) in [6.45, 7) is 7.21. The van der Waals surface area contributed by atoms with E-state index in [1.54, 1.807) is 16.7 Å². The number of amides is 1. The molecular weight excluding hydrogens is 274 g/mol. The van der Waals surface area contributed by atoms with Gasteiger partial charge in [-0.05, 0) is 33.6 Å². The second kappa shape index (κ2) is 6.08. The van der Waals surface area contributed by atoms with Crippen LogP contribution in [-0.4, -0.2) is 44.5 Å². The summed E-state index contributed by atoms with van der Waals surface area (Å²) in [7, 11) is 2.01. The lowest BCUT2D eigenvalue weighted by atomic mass is 10.1. The molecule has 1 aromatic rings. The van der Waals surface area contributed by atoms with Crippen molar-refractivity contribution in [3.63, 3.8) is 0 Å². The Bertz CT molecular complexity index is 459. The van der Waals surface area contributed by atoms with Gasteiger partial charge in [0, 0.05) is 37.8 Å². The van der Waals surface area contributed by atoms with Gasteiger partial charge in [0.2, 0.25) is 0 Å². The van der Waals surface area contributed by atoms with E-state index in [-0.39, 0.29) is 6.09 Å². The highest BCUT2D eigenvalue weighted by Gasteiger charge is 2.27. The maximum Gasteiger partial charge on any atom is 0.410 e. The number of imidazole rings is 1. The summed E-state index contributed by atoms with van der Waals surface area (Å²) in [5.41, 5.74) is -0.421. The number of piperidine rings is 1. The number of thioether (sulfide) groups is 1. The Hall–Kier alpha value is -1.17. The molecule has 0 aliphatic carbocycles. The first-order chi connectivity index (χ1) is 9.35. The van der Waals surface area contributed by atoms with E-state index in [1.807, 2.05) is 44.8 Å². The van der Waals surface area contributed by atoms with E-state index in [1.165, 1.54) is 0 Å². The number of likely N-dealkylation sites (tertiary alicyclic amines) is 1. The highest BCUT2D eigenvalue weighted by molar-refractivity contribution is 7.99. The molecule has 0 aromatic carbocycles. The molecule has 0 N–H and O–H groups in total. The van der Waals surface area contributed by atoms with Crippen LogP contribution in [0.3, 0.4) is 0 Å². The fraction of sp³-hybridized carbons (Fsp3) is 0.714. The molecular formula is C14H23N3O2S. The number of nitrogens with zero attached hydrogens (tertiary/aromatic N) is 3. The molecule has 0 spiro atoms. The van der Waals surface area contributed by atoms with Crippen molar-refractivity contribution in [3.8, 4) is 0 Å². The van der Waals surface area contributed by atoms with Gasteiger partial charge in [0.15, 0.2) is 5.16 Å². The molecule has 112 valence electrons. The van der Waals surface area contributed by atoms with E-state index in [9.17, 15) is 4.79 Å². The second-order valence-corrected chi connectivity index (χ2v) is 7.37. The largest absolute Gasteiger partial charge is 0.444 e. The summed E-state index contributed by atoms with van der Waals surface area (Å²) in [5, 5.41) is 1.57. The Morgan fingerprint density at radius 3 is 2.55 bits per heavy atom. The van der Waals surface area contributed by atoms with Crippen molar-refractivity contribution in [3.05, 3.63) is 12.4 Å². The first-order valence-corrected chi connectivity index (χ1v) is 7.85. The van der Waals surface area contributed by atoms with Crippen LogP contribution in [0.2, 0.25) is 0 Å². The first-order valence-electron chi connectivity index (χ1n) is 6.97. The van der Waals surface area contributed by atoms with E-state index in [4.69, 9.17) is 4.74 Å². The van der Waals surface area contributed by atoms with Crippen LogP contribution in [0.4, 0.5) is 4.79 Å². The minimum Gasteiger partial charge on any atom is -0.444 e. The first kappa shape index (κ1) is 15.2. The summed E-state index contributed by atoms with van der Waals surface area (Å²) < 4.78 is 7.43. The lowest BCUT2D eigenvalue weighted by Crippen LogP contribution is -2.42. The normalized spacial score (nSPS) is 17.3. The fourth-order valence-corrected chi connectivity index (χ4v) is 3.19. The predicted molar refractivity (Wildman–Crippen MR) is 79.9 cm³/mol. The molecule has 2 heterocycles. The number of hydrogen-bond acceptors (Lipinski definition) is 4. The lowest BCUT2D eigenvalue weighted by molar-refractivity contribution is 0.0219. The summed E-state index contributed by atoms with van der Waals surface area (Å²) in [6.07, 6.45) is 5.54. The van der Waals surface area contributed by atoms with Crippen LogP contribution in [0, 0.1) is 0 Å². The standard InChI is InChI=1S/C14H23N3O2S/c1-14(2,3)19-13(18)17-8-5-11(6-9-17)20-12-15-7-10-16(12)4/h7,10-11H,5-6,8-9H2,1-4H3. The molecule has 20 heavy (non-hydrogen) atoms.